The number of allylic oxidation sites excluding steroid dienone is 1. The van der Waals surface area contributed by atoms with Crippen molar-refractivity contribution < 1.29 is 5.11 Å². The molecule has 0 amide bonds. The van der Waals surface area contributed by atoms with Gasteiger partial charge in [-0.15, -0.1) is 0 Å². The molecule has 2 N–H and O–H groups in total. The van der Waals surface area contributed by atoms with Crippen molar-refractivity contribution in [2.24, 2.45) is 11.8 Å². The van der Waals surface area contributed by atoms with Crippen LogP contribution in [0.2, 0.25) is 0 Å². The second-order valence-electron chi connectivity index (χ2n) is 7.07. The highest BCUT2D eigenvalue weighted by Crippen LogP contribution is 2.53. The van der Waals surface area contributed by atoms with Crippen LogP contribution >= 0.6 is 0 Å². The fraction of sp³-hybridized carbons (Fsp3) is 0.474. The largest absolute Gasteiger partial charge is 0.396 e. The molecule has 0 saturated carbocycles. The molecule has 4 aliphatic heterocycles. The number of aliphatic hydroxyl groups is 1. The number of para-hydroxylation sites is 1. The Morgan fingerprint density at radius 2 is 2.23 bits per heavy atom. The van der Waals surface area contributed by atoms with Crippen molar-refractivity contribution >= 4 is 10.9 Å². The van der Waals surface area contributed by atoms with E-state index in [1.807, 2.05) is 0 Å². The Kier molecular flexibility index (Phi) is 2.62. The molecule has 3 unspecified atom stereocenters. The van der Waals surface area contributed by atoms with Gasteiger partial charge in [-0.25, -0.2) is 0 Å². The van der Waals surface area contributed by atoms with Crippen LogP contribution in [-0.4, -0.2) is 34.2 Å². The van der Waals surface area contributed by atoms with E-state index in [4.69, 9.17) is 0 Å². The van der Waals surface area contributed by atoms with Gasteiger partial charge >= 0.3 is 0 Å². The van der Waals surface area contributed by atoms with E-state index in [0.29, 0.717) is 30.5 Å². The molecule has 4 aliphatic rings. The number of fused-ring (bicyclic) bond motifs is 4. The summed E-state index contributed by atoms with van der Waals surface area (Å²) in [6.07, 6.45) is 4.51. The summed E-state index contributed by atoms with van der Waals surface area (Å²) in [5, 5.41) is 11.4. The predicted octanol–water partition coefficient (Wildman–Crippen LogP) is 3.02. The third-order valence-electron chi connectivity index (χ3n) is 6.33. The number of H-pyrrole nitrogens is 1. The van der Waals surface area contributed by atoms with Gasteiger partial charge in [0.1, 0.15) is 0 Å². The molecule has 114 valence electrons. The van der Waals surface area contributed by atoms with Crippen molar-refractivity contribution in [1.29, 1.82) is 0 Å². The zero-order valence-electron chi connectivity index (χ0n) is 12.9. The van der Waals surface area contributed by atoms with Crippen LogP contribution < -0.4 is 0 Å². The zero-order chi connectivity index (χ0) is 14.8. The van der Waals surface area contributed by atoms with Gasteiger partial charge in [-0.2, -0.15) is 0 Å². The lowest BCUT2D eigenvalue weighted by molar-refractivity contribution is -0.0503. The van der Waals surface area contributed by atoms with E-state index >= 15 is 0 Å². The monoisotopic (exact) mass is 294 g/mol. The molecule has 3 saturated heterocycles. The molecule has 6 rings (SSSR count). The third-order valence-corrected chi connectivity index (χ3v) is 6.33. The van der Waals surface area contributed by atoms with Crippen molar-refractivity contribution in [3.63, 3.8) is 0 Å². The maximum atomic E-state index is 9.99. The molecular weight excluding hydrogens is 272 g/mol. The molecule has 5 atom stereocenters. The van der Waals surface area contributed by atoms with Gasteiger partial charge in [-0.3, -0.25) is 4.90 Å². The van der Waals surface area contributed by atoms with E-state index in [9.17, 15) is 5.11 Å². The lowest BCUT2D eigenvalue weighted by Gasteiger charge is -2.58. The Labute approximate surface area is 130 Å². The normalized spacial score (nSPS) is 37.7. The zero-order valence-corrected chi connectivity index (χ0v) is 12.9. The van der Waals surface area contributed by atoms with E-state index in [0.717, 1.165) is 19.4 Å². The minimum atomic E-state index is 0.313. The average molecular weight is 294 g/mol. The first kappa shape index (κ1) is 12.9. The number of nitrogens with zero attached hydrogens (tertiary/aromatic N) is 1. The summed E-state index contributed by atoms with van der Waals surface area (Å²) in [5.74, 6) is 0.965. The molecule has 3 nitrogen and oxygen atoms in total. The quantitative estimate of drug-likeness (QED) is 0.794. The van der Waals surface area contributed by atoms with Crippen LogP contribution in [0.25, 0.3) is 10.9 Å². The number of benzene rings is 1. The van der Waals surface area contributed by atoms with Crippen LogP contribution in [0.15, 0.2) is 35.9 Å². The van der Waals surface area contributed by atoms with Crippen molar-refractivity contribution in [2.75, 3.05) is 13.2 Å². The van der Waals surface area contributed by atoms with E-state index in [2.05, 4.69) is 47.1 Å². The molecule has 3 fully saturated rings. The number of hydrogen-bond acceptors (Lipinski definition) is 2. The summed E-state index contributed by atoms with van der Waals surface area (Å²) in [5.41, 5.74) is 5.74. The summed E-state index contributed by atoms with van der Waals surface area (Å²) in [6, 6.07) is 9.68. The van der Waals surface area contributed by atoms with Gasteiger partial charge in [-0.1, -0.05) is 29.8 Å². The molecule has 0 aliphatic carbocycles. The van der Waals surface area contributed by atoms with Crippen LogP contribution in [0.5, 0.6) is 0 Å². The fourth-order valence-electron chi connectivity index (χ4n) is 5.32. The van der Waals surface area contributed by atoms with Crippen LogP contribution in [-0.2, 0) is 6.42 Å². The smallest absolute Gasteiger partial charge is 0.0514 e. The summed E-state index contributed by atoms with van der Waals surface area (Å²) in [7, 11) is 0. The molecule has 2 aromatic rings. The molecular formula is C19H22N2O. The Hall–Kier alpha value is -1.58. The van der Waals surface area contributed by atoms with Crippen LogP contribution in [0.4, 0.5) is 0 Å². The summed E-state index contributed by atoms with van der Waals surface area (Å²) < 4.78 is 0. The minimum absolute atomic E-state index is 0.313. The van der Waals surface area contributed by atoms with E-state index in [-0.39, 0.29) is 0 Å². The molecule has 5 heterocycles. The molecule has 0 radical (unpaired) electrons. The number of aliphatic hydroxyl groups excluding tert-OH is 1. The van der Waals surface area contributed by atoms with Gasteiger partial charge < -0.3 is 10.1 Å². The maximum Gasteiger partial charge on any atom is 0.0514 e. The molecule has 22 heavy (non-hydrogen) atoms. The Morgan fingerprint density at radius 3 is 3.05 bits per heavy atom. The van der Waals surface area contributed by atoms with Crippen molar-refractivity contribution in [3.8, 4) is 0 Å². The second-order valence-corrected chi connectivity index (χ2v) is 7.07. The fourth-order valence-corrected chi connectivity index (χ4v) is 5.32. The Balaban J connectivity index is 1.69. The van der Waals surface area contributed by atoms with Crippen LogP contribution in [0.1, 0.15) is 30.6 Å². The van der Waals surface area contributed by atoms with E-state index in [1.54, 1.807) is 0 Å². The summed E-state index contributed by atoms with van der Waals surface area (Å²) >= 11 is 0. The van der Waals surface area contributed by atoms with Crippen molar-refractivity contribution in [1.82, 2.24) is 9.88 Å². The highest BCUT2D eigenvalue weighted by Gasteiger charge is 2.52. The average Bonchev–Trinajstić information content (AvgIpc) is 2.93. The standard InChI is InChI=1S/C19H22N2O/c1-2-11-9-21-17-8-14-12-5-3-4-6-16(12)20-19(14)18(21)7-13(11)15(17)10-22/h2-6,13,15,17-18,20,22H,7-10H2,1H3/b11-2-/t13-,15?,17?,18-/m0/s1. The SMILES string of the molecule is C/C=C1/CN2C3Cc4c([nH]c5ccccc45)[C@@H]2C[C@@H]1C3CO. The molecule has 0 spiro atoms. The van der Waals surface area contributed by atoms with Gasteiger partial charge in [0.2, 0.25) is 0 Å². The van der Waals surface area contributed by atoms with Gasteiger partial charge in [0.25, 0.3) is 0 Å². The second kappa shape index (κ2) is 4.46. The summed E-state index contributed by atoms with van der Waals surface area (Å²) in [4.78, 5) is 6.35. The summed E-state index contributed by atoms with van der Waals surface area (Å²) in [6.45, 7) is 3.55. The number of aromatic nitrogens is 1. The van der Waals surface area contributed by atoms with Gasteiger partial charge in [0, 0.05) is 41.7 Å². The highest BCUT2D eigenvalue weighted by molar-refractivity contribution is 5.85. The maximum absolute atomic E-state index is 9.99. The highest BCUT2D eigenvalue weighted by atomic mass is 16.3. The third kappa shape index (κ3) is 1.48. The first-order valence-electron chi connectivity index (χ1n) is 8.43. The van der Waals surface area contributed by atoms with Gasteiger partial charge in [-0.05, 0) is 37.3 Å². The van der Waals surface area contributed by atoms with Crippen molar-refractivity contribution in [3.05, 3.63) is 47.2 Å². The topological polar surface area (TPSA) is 39.3 Å². The van der Waals surface area contributed by atoms with Crippen molar-refractivity contribution in [2.45, 2.75) is 31.8 Å². The number of rotatable bonds is 1. The lowest BCUT2D eigenvalue weighted by atomic mass is 9.64. The predicted molar refractivity (Wildman–Crippen MR) is 87.7 cm³/mol. The lowest BCUT2D eigenvalue weighted by Crippen LogP contribution is -2.60. The molecule has 1 aromatic carbocycles. The van der Waals surface area contributed by atoms with Crippen LogP contribution in [0, 0.1) is 11.8 Å². The van der Waals surface area contributed by atoms with Crippen LogP contribution in [0.3, 0.4) is 0 Å². The number of piperidine rings is 3. The first-order valence-corrected chi connectivity index (χ1v) is 8.43. The molecule has 4 bridgehead atoms. The Bertz CT molecular complexity index is 775. The number of nitrogens with one attached hydrogen (secondary N) is 1. The minimum Gasteiger partial charge on any atom is -0.396 e. The van der Waals surface area contributed by atoms with Gasteiger partial charge in [0.05, 0.1) is 6.04 Å². The first-order chi connectivity index (χ1) is 10.8. The molecule has 3 heteroatoms. The Morgan fingerprint density at radius 1 is 1.36 bits per heavy atom. The van der Waals surface area contributed by atoms with E-state index in [1.165, 1.54) is 27.7 Å². The number of aromatic amines is 1. The van der Waals surface area contributed by atoms with Gasteiger partial charge in [0.15, 0.2) is 0 Å². The number of hydrogen-bond donors (Lipinski definition) is 2. The van der Waals surface area contributed by atoms with E-state index < -0.39 is 0 Å². The molecule has 1 aromatic heterocycles.